The van der Waals surface area contributed by atoms with Gasteiger partial charge in [0.05, 0.1) is 0 Å². The third-order valence-corrected chi connectivity index (χ3v) is 4.51. The van der Waals surface area contributed by atoms with Crippen molar-refractivity contribution in [2.45, 2.75) is 77.2 Å². The van der Waals surface area contributed by atoms with Crippen LogP contribution in [0, 0.1) is 5.92 Å². The van der Waals surface area contributed by atoms with Crippen molar-refractivity contribution in [2.24, 2.45) is 5.92 Å². The molecule has 1 unspecified atom stereocenters. The highest BCUT2D eigenvalue weighted by atomic mass is 35.5. The van der Waals surface area contributed by atoms with E-state index in [9.17, 15) is 4.79 Å². The molecule has 0 saturated heterocycles. The molecular formula is C15H28ClNO. The number of rotatable bonds is 6. The zero-order chi connectivity index (χ0) is 13.4. The zero-order valence-corrected chi connectivity index (χ0v) is 12.7. The summed E-state index contributed by atoms with van der Waals surface area (Å²) in [6.07, 6.45) is 10.2. The lowest BCUT2D eigenvalue weighted by atomic mass is 9.92. The van der Waals surface area contributed by atoms with Crippen molar-refractivity contribution < 1.29 is 4.79 Å². The van der Waals surface area contributed by atoms with Crippen LogP contribution < -0.4 is 5.32 Å². The largest absolute Gasteiger partial charge is 0.351 e. The highest BCUT2D eigenvalue weighted by Crippen LogP contribution is 2.26. The van der Waals surface area contributed by atoms with Crippen LogP contribution in [0.2, 0.25) is 0 Å². The first-order valence-corrected chi connectivity index (χ1v) is 8.00. The molecule has 1 aliphatic rings. The fourth-order valence-electron chi connectivity index (χ4n) is 2.75. The monoisotopic (exact) mass is 273 g/mol. The Hall–Kier alpha value is -0.240. The van der Waals surface area contributed by atoms with E-state index in [2.05, 4.69) is 19.2 Å². The first-order valence-electron chi connectivity index (χ1n) is 7.46. The highest BCUT2D eigenvalue weighted by molar-refractivity contribution is 6.17. The molecule has 0 aromatic rings. The van der Waals surface area contributed by atoms with Crippen LogP contribution in [0.3, 0.4) is 0 Å². The van der Waals surface area contributed by atoms with Crippen LogP contribution in [-0.4, -0.2) is 17.3 Å². The fraction of sp³-hybridized carbons (Fsp3) is 0.933. The number of nitrogens with one attached hydrogen (secondary N) is 1. The molecule has 1 rings (SSSR count). The Balaban J connectivity index is 2.39. The molecule has 1 aliphatic carbocycles. The average molecular weight is 274 g/mol. The summed E-state index contributed by atoms with van der Waals surface area (Å²) in [4.78, 5) is 12.1. The van der Waals surface area contributed by atoms with Crippen molar-refractivity contribution in [3.8, 4) is 0 Å². The van der Waals surface area contributed by atoms with Gasteiger partial charge in [0.2, 0.25) is 5.91 Å². The van der Waals surface area contributed by atoms with Crippen molar-refractivity contribution in [3.05, 3.63) is 0 Å². The normalized spacial score (nSPS) is 21.1. The maximum atomic E-state index is 12.1. The average Bonchev–Trinajstić information content (AvgIpc) is 2.57. The third kappa shape index (κ3) is 5.60. The predicted molar refractivity (Wildman–Crippen MR) is 78.0 cm³/mol. The molecule has 1 N–H and O–H groups in total. The number of halogens is 1. The lowest BCUT2D eigenvalue weighted by Gasteiger charge is -2.29. The molecule has 1 atom stereocenters. The van der Waals surface area contributed by atoms with E-state index in [1.165, 1.54) is 38.5 Å². The Morgan fingerprint density at radius 2 is 1.89 bits per heavy atom. The molecule has 0 aromatic carbocycles. The standard InChI is InChI=1S/C15H28ClNO/c1-3-15(2,10-11-16)17-14(18)12-13-8-6-4-5-7-9-13/h13H,3-12H2,1-2H3,(H,17,18). The number of carbonyl (C=O) groups excluding carboxylic acids is 1. The summed E-state index contributed by atoms with van der Waals surface area (Å²) in [5.74, 6) is 1.43. The summed E-state index contributed by atoms with van der Waals surface area (Å²) >= 11 is 5.81. The molecule has 0 bridgehead atoms. The van der Waals surface area contributed by atoms with Gasteiger partial charge in [-0.15, -0.1) is 11.6 Å². The molecule has 106 valence electrons. The first kappa shape index (κ1) is 15.8. The molecule has 1 saturated carbocycles. The summed E-state index contributed by atoms with van der Waals surface area (Å²) in [7, 11) is 0. The van der Waals surface area contributed by atoms with Crippen molar-refractivity contribution in [1.82, 2.24) is 5.32 Å². The smallest absolute Gasteiger partial charge is 0.220 e. The second-order valence-corrected chi connectivity index (χ2v) is 6.34. The van der Waals surface area contributed by atoms with Gasteiger partial charge in [-0.05, 0) is 38.5 Å². The molecule has 1 amide bonds. The summed E-state index contributed by atoms with van der Waals surface area (Å²) in [5, 5.41) is 3.19. The number of hydrogen-bond acceptors (Lipinski definition) is 1. The van der Waals surface area contributed by atoms with E-state index < -0.39 is 0 Å². The molecule has 0 heterocycles. The van der Waals surface area contributed by atoms with Gasteiger partial charge in [0, 0.05) is 17.8 Å². The van der Waals surface area contributed by atoms with Gasteiger partial charge in [0.1, 0.15) is 0 Å². The molecule has 0 spiro atoms. The predicted octanol–water partition coefficient (Wildman–Crippen LogP) is 4.26. The van der Waals surface area contributed by atoms with E-state index in [4.69, 9.17) is 11.6 Å². The van der Waals surface area contributed by atoms with Gasteiger partial charge in [-0.1, -0.05) is 32.6 Å². The molecule has 1 fully saturated rings. The molecule has 2 nitrogen and oxygen atoms in total. The fourth-order valence-corrected chi connectivity index (χ4v) is 3.17. The zero-order valence-electron chi connectivity index (χ0n) is 11.9. The van der Waals surface area contributed by atoms with E-state index in [0.717, 1.165) is 12.8 Å². The summed E-state index contributed by atoms with van der Waals surface area (Å²) in [6, 6.07) is 0. The second-order valence-electron chi connectivity index (χ2n) is 5.96. The van der Waals surface area contributed by atoms with Gasteiger partial charge in [-0.25, -0.2) is 0 Å². The highest BCUT2D eigenvalue weighted by Gasteiger charge is 2.25. The van der Waals surface area contributed by atoms with E-state index in [-0.39, 0.29) is 11.4 Å². The van der Waals surface area contributed by atoms with Gasteiger partial charge in [0.15, 0.2) is 0 Å². The minimum atomic E-state index is -0.121. The third-order valence-electron chi connectivity index (χ3n) is 4.32. The van der Waals surface area contributed by atoms with Crippen LogP contribution in [0.25, 0.3) is 0 Å². The molecule has 18 heavy (non-hydrogen) atoms. The molecule has 0 aliphatic heterocycles. The van der Waals surface area contributed by atoms with Gasteiger partial charge < -0.3 is 5.32 Å². The maximum Gasteiger partial charge on any atom is 0.220 e. The van der Waals surface area contributed by atoms with E-state index in [1.807, 2.05) is 0 Å². The number of carbonyl (C=O) groups is 1. The van der Waals surface area contributed by atoms with Crippen molar-refractivity contribution in [3.63, 3.8) is 0 Å². The molecule has 3 heteroatoms. The summed E-state index contributed by atoms with van der Waals surface area (Å²) in [5.41, 5.74) is -0.121. The molecule has 0 aromatic heterocycles. The topological polar surface area (TPSA) is 29.1 Å². The quantitative estimate of drug-likeness (QED) is 0.569. The SMILES string of the molecule is CCC(C)(CCCl)NC(=O)CC1CCCCCC1. The Morgan fingerprint density at radius 3 is 2.39 bits per heavy atom. The minimum absolute atomic E-state index is 0.121. The number of amides is 1. The van der Waals surface area contributed by atoms with Crippen molar-refractivity contribution in [2.75, 3.05) is 5.88 Å². The summed E-state index contributed by atoms with van der Waals surface area (Å²) in [6.45, 7) is 4.21. The Labute approximate surface area is 117 Å². The van der Waals surface area contributed by atoms with Crippen molar-refractivity contribution in [1.29, 1.82) is 0 Å². The number of alkyl halides is 1. The Kier molecular flexibility index (Phi) is 7.06. The Morgan fingerprint density at radius 1 is 1.28 bits per heavy atom. The molecular weight excluding hydrogens is 246 g/mol. The van der Waals surface area contributed by atoms with Gasteiger partial charge in [0.25, 0.3) is 0 Å². The van der Waals surface area contributed by atoms with E-state index >= 15 is 0 Å². The van der Waals surface area contributed by atoms with Crippen LogP contribution in [0.4, 0.5) is 0 Å². The van der Waals surface area contributed by atoms with E-state index in [0.29, 0.717) is 18.2 Å². The van der Waals surface area contributed by atoms with Crippen LogP contribution in [-0.2, 0) is 4.79 Å². The Bertz CT molecular complexity index is 249. The summed E-state index contributed by atoms with van der Waals surface area (Å²) < 4.78 is 0. The van der Waals surface area contributed by atoms with Gasteiger partial charge in [-0.3, -0.25) is 4.79 Å². The van der Waals surface area contributed by atoms with Crippen LogP contribution >= 0.6 is 11.6 Å². The van der Waals surface area contributed by atoms with Crippen LogP contribution in [0.1, 0.15) is 71.6 Å². The lowest BCUT2D eigenvalue weighted by Crippen LogP contribution is -2.46. The first-order chi connectivity index (χ1) is 8.59. The lowest BCUT2D eigenvalue weighted by molar-refractivity contribution is -0.124. The molecule has 0 radical (unpaired) electrons. The van der Waals surface area contributed by atoms with Crippen LogP contribution in [0.15, 0.2) is 0 Å². The maximum absolute atomic E-state index is 12.1. The van der Waals surface area contributed by atoms with Crippen molar-refractivity contribution >= 4 is 17.5 Å². The minimum Gasteiger partial charge on any atom is -0.351 e. The second kappa shape index (κ2) is 8.04. The van der Waals surface area contributed by atoms with E-state index in [1.54, 1.807) is 0 Å². The van der Waals surface area contributed by atoms with Gasteiger partial charge in [-0.2, -0.15) is 0 Å². The van der Waals surface area contributed by atoms with Gasteiger partial charge >= 0.3 is 0 Å². The number of hydrogen-bond donors (Lipinski definition) is 1. The van der Waals surface area contributed by atoms with Crippen LogP contribution in [0.5, 0.6) is 0 Å².